The molecule has 0 aliphatic carbocycles. The molecule has 0 saturated carbocycles. The second-order valence-electron chi connectivity index (χ2n) is 5.23. The topological polar surface area (TPSA) is 103 Å². The first-order valence-corrected chi connectivity index (χ1v) is 8.21. The van der Waals surface area contributed by atoms with Crippen LogP contribution in [0.5, 0.6) is 11.5 Å². The van der Waals surface area contributed by atoms with Crippen LogP contribution < -0.4 is 20.1 Å². The van der Waals surface area contributed by atoms with Gasteiger partial charge in [-0.3, -0.25) is 14.9 Å². The molecule has 0 aromatic heterocycles. The smallest absolute Gasteiger partial charge is 0.271 e. The maximum Gasteiger partial charge on any atom is 0.271 e. The number of nitrogens with zero attached hydrogens (tertiary/aromatic N) is 1. The molecule has 2 N–H and O–H groups in total. The van der Waals surface area contributed by atoms with Gasteiger partial charge in [-0.15, -0.1) is 0 Å². The molecule has 0 radical (unpaired) electrons. The lowest BCUT2D eigenvalue weighted by Gasteiger charge is -2.14. The Labute approximate surface area is 151 Å². The Morgan fingerprint density at radius 2 is 1.88 bits per heavy atom. The van der Waals surface area contributed by atoms with Crippen molar-refractivity contribution in [3.8, 4) is 11.5 Å². The van der Waals surface area contributed by atoms with Gasteiger partial charge in [0.15, 0.2) is 0 Å². The van der Waals surface area contributed by atoms with Crippen molar-refractivity contribution in [1.29, 1.82) is 0 Å². The van der Waals surface area contributed by atoms with E-state index in [2.05, 4.69) is 10.6 Å². The predicted octanol–water partition coefficient (Wildman–Crippen LogP) is 3.44. The Morgan fingerprint density at radius 3 is 2.58 bits per heavy atom. The van der Waals surface area contributed by atoms with Crippen LogP contribution in [0.2, 0.25) is 0 Å². The maximum atomic E-state index is 12.2. The van der Waals surface area contributed by atoms with E-state index in [1.165, 1.54) is 12.1 Å². The van der Waals surface area contributed by atoms with Gasteiger partial charge in [0.1, 0.15) is 11.5 Å². The average Bonchev–Trinajstić information content (AvgIpc) is 2.63. The molecule has 0 unspecified atom stereocenters. The van der Waals surface area contributed by atoms with Gasteiger partial charge < -0.3 is 20.1 Å². The molecule has 0 aliphatic heterocycles. The van der Waals surface area contributed by atoms with Crippen LogP contribution in [0.3, 0.4) is 0 Å². The first-order chi connectivity index (χ1) is 12.5. The van der Waals surface area contributed by atoms with Gasteiger partial charge in [0.2, 0.25) is 5.91 Å². The molecule has 8 heteroatoms. The third-order valence-electron chi connectivity index (χ3n) is 3.35. The lowest BCUT2D eigenvalue weighted by Crippen LogP contribution is -2.22. The molecule has 0 fully saturated rings. The van der Waals surface area contributed by atoms with E-state index < -0.39 is 4.92 Å². The zero-order chi connectivity index (χ0) is 18.9. The normalized spacial score (nSPS) is 10.1. The maximum absolute atomic E-state index is 12.2. The second kappa shape index (κ2) is 9.26. The molecule has 26 heavy (non-hydrogen) atoms. The largest absolute Gasteiger partial charge is 0.494 e. The molecule has 0 atom stereocenters. The molecular formula is C18H21N3O5. The van der Waals surface area contributed by atoms with E-state index in [0.717, 1.165) is 0 Å². The van der Waals surface area contributed by atoms with Gasteiger partial charge in [-0.25, -0.2) is 0 Å². The third-order valence-corrected chi connectivity index (χ3v) is 3.35. The van der Waals surface area contributed by atoms with Crippen molar-refractivity contribution in [3.05, 3.63) is 52.6 Å². The Hall–Kier alpha value is -3.29. The summed E-state index contributed by atoms with van der Waals surface area (Å²) in [6.45, 7) is 4.65. The molecule has 8 nitrogen and oxygen atoms in total. The molecular weight excluding hydrogens is 338 g/mol. The molecule has 2 aromatic carbocycles. The van der Waals surface area contributed by atoms with Crippen molar-refractivity contribution in [1.82, 2.24) is 0 Å². The summed E-state index contributed by atoms with van der Waals surface area (Å²) in [5, 5.41) is 16.4. The van der Waals surface area contributed by atoms with Gasteiger partial charge in [-0.2, -0.15) is 0 Å². The number of amides is 1. The zero-order valence-corrected chi connectivity index (χ0v) is 14.7. The van der Waals surface area contributed by atoms with Crippen LogP contribution in [0.1, 0.15) is 13.8 Å². The highest BCUT2D eigenvalue weighted by atomic mass is 16.6. The number of nitro benzene ring substituents is 1. The minimum atomic E-state index is -0.487. The Morgan fingerprint density at radius 1 is 1.12 bits per heavy atom. The number of ether oxygens (including phenoxy) is 2. The van der Waals surface area contributed by atoms with E-state index in [9.17, 15) is 14.9 Å². The summed E-state index contributed by atoms with van der Waals surface area (Å²) >= 11 is 0. The van der Waals surface area contributed by atoms with Crippen LogP contribution in [0.25, 0.3) is 0 Å². The van der Waals surface area contributed by atoms with Crippen LogP contribution >= 0.6 is 0 Å². The van der Waals surface area contributed by atoms with Crippen LogP contribution in [0.4, 0.5) is 17.1 Å². The van der Waals surface area contributed by atoms with Crippen molar-refractivity contribution in [2.75, 3.05) is 30.4 Å². The summed E-state index contributed by atoms with van der Waals surface area (Å²) in [5.74, 6) is 0.851. The van der Waals surface area contributed by atoms with E-state index in [4.69, 9.17) is 9.47 Å². The van der Waals surface area contributed by atoms with Gasteiger partial charge in [0, 0.05) is 23.9 Å². The summed E-state index contributed by atoms with van der Waals surface area (Å²) < 4.78 is 11.0. The van der Waals surface area contributed by atoms with E-state index in [1.54, 1.807) is 30.3 Å². The molecule has 0 bridgehead atoms. The third kappa shape index (κ3) is 5.37. The lowest BCUT2D eigenvalue weighted by molar-refractivity contribution is -0.384. The minimum absolute atomic E-state index is 0.0431. The Balaban J connectivity index is 2.03. The number of rotatable bonds is 9. The van der Waals surface area contributed by atoms with Crippen LogP contribution in [-0.4, -0.2) is 30.6 Å². The molecule has 2 aromatic rings. The van der Waals surface area contributed by atoms with Crippen LogP contribution in [0.15, 0.2) is 42.5 Å². The van der Waals surface area contributed by atoms with Crippen LogP contribution in [-0.2, 0) is 4.79 Å². The number of carbonyl (C=O) groups is 1. The average molecular weight is 359 g/mol. The highest BCUT2D eigenvalue weighted by Gasteiger charge is 2.11. The Bertz CT molecular complexity index is 779. The van der Waals surface area contributed by atoms with Gasteiger partial charge >= 0.3 is 0 Å². The van der Waals surface area contributed by atoms with Crippen molar-refractivity contribution in [3.63, 3.8) is 0 Å². The zero-order valence-electron chi connectivity index (χ0n) is 14.7. The number of nitro groups is 1. The number of carbonyl (C=O) groups excluding carboxylic acids is 1. The molecule has 0 aliphatic rings. The molecule has 0 spiro atoms. The quantitative estimate of drug-likeness (QED) is 0.525. The van der Waals surface area contributed by atoms with Crippen molar-refractivity contribution >= 4 is 23.0 Å². The van der Waals surface area contributed by atoms with E-state index in [1.807, 2.05) is 13.8 Å². The number of benzene rings is 2. The summed E-state index contributed by atoms with van der Waals surface area (Å²) in [4.78, 5) is 22.5. The van der Waals surface area contributed by atoms with E-state index in [0.29, 0.717) is 36.1 Å². The van der Waals surface area contributed by atoms with E-state index in [-0.39, 0.29) is 18.1 Å². The number of non-ortho nitro benzene ring substituents is 1. The first kappa shape index (κ1) is 19.0. The molecule has 2 rings (SSSR count). The molecule has 1 amide bonds. The fraction of sp³-hybridized carbons (Fsp3) is 0.278. The molecule has 138 valence electrons. The summed E-state index contributed by atoms with van der Waals surface area (Å²) in [5.41, 5.74) is 0.949. The van der Waals surface area contributed by atoms with Gasteiger partial charge in [0.25, 0.3) is 5.69 Å². The van der Waals surface area contributed by atoms with Gasteiger partial charge in [0.05, 0.1) is 30.4 Å². The SMILES string of the molecule is CCOc1ccc(OCC)c(NC(=O)CNc2cccc([N+](=O)[O-])c2)c1. The summed E-state index contributed by atoms with van der Waals surface area (Å²) in [6, 6.07) is 11.2. The molecule has 0 heterocycles. The number of anilines is 2. The summed E-state index contributed by atoms with van der Waals surface area (Å²) in [6.07, 6.45) is 0. The predicted molar refractivity (Wildman–Crippen MR) is 99.0 cm³/mol. The number of nitrogens with one attached hydrogen (secondary N) is 2. The Kier molecular flexibility index (Phi) is 6.78. The fourth-order valence-electron chi connectivity index (χ4n) is 2.25. The van der Waals surface area contributed by atoms with Crippen molar-refractivity contribution in [2.24, 2.45) is 0 Å². The number of hydrogen-bond donors (Lipinski definition) is 2. The minimum Gasteiger partial charge on any atom is -0.494 e. The van der Waals surface area contributed by atoms with E-state index >= 15 is 0 Å². The van der Waals surface area contributed by atoms with Crippen molar-refractivity contribution < 1.29 is 19.2 Å². The highest BCUT2D eigenvalue weighted by molar-refractivity contribution is 5.95. The lowest BCUT2D eigenvalue weighted by atomic mass is 10.2. The van der Waals surface area contributed by atoms with Crippen molar-refractivity contribution in [2.45, 2.75) is 13.8 Å². The van der Waals surface area contributed by atoms with Gasteiger partial charge in [-0.1, -0.05) is 6.07 Å². The first-order valence-electron chi connectivity index (χ1n) is 8.21. The van der Waals surface area contributed by atoms with Gasteiger partial charge in [-0.05, 0) is 32.0 Å². The summed E-state index contributed by atoms with van der Waals surface area (Å²) in [7, 11) is 0. The molecule has 0 saturated heterocycles. The standard InChI is InChI=1S/C18H21N3O5/c1-3-25-15-8-9-17(26-4-2)16(11-15)20-18(22)12-19-13-6-5-7-14(10-13)21(23)24/h5-11,19H,3-4,12H2,1-2H3,(H,20,22). The van der Waals surface area contributed by atoms with Crippen LogP contribution in [0, 0.1) is 10.1 Å². The fourth-order valence-corrected chi connectivity index (χ4v) is 2.25. The second-order valence-corrected chi connectivity index (χ2v) is 5.23. The highest BCUT2D eigenvalue weighted by Crippen LogP contribution is 2.29. The monoisotopic (exact) mass is 359 g/mol. The number of hydrogen-bond acceptors (Lipinski definition) is 6.